The molecule has 0 saturated carbocycles. The molecule has 2 rings (SSSR count). The summed E-state index contributed by atoms with van der Waals surface area (Å²) in [6.45, 7) is 1.83. The Morgan fingerprint density at radius 1 is 1.37 bits per heavy atom. The quantitative estimate of drug-likeness (QED) is 0.648. The van der Waals surface area contributed by atoms with Gasteiger partial charge in [-0.15, -0.1) is 0 Å². The number of ether oxygens (including phenoxy) is 1. The zero-order chi connectivity index (χ0) is 13.8. The molecule has 0 radical (unpaired) electrons. The fourth-order valence-corrected chi connectivity index (χ4v) is 1.58. The molecule has 6 nitrogen and oxygen atoms in total. The smallest absolute Gasteiger partial charge is 0.341 e. The number of aryl methyl sites for hydroxylation is 1. The summed E-state index contributed by atoms with van der Waals surface area (Å²) < 4.78 is 4.59. The van der Waals surface area contributed by atoms with E-state index in [0.29, 0.717) is 11.5 Å². The van der Waals surface area contributed by atoms with Gasteiger partial charge in [-0.2, -0.15) is 0 Å². The highest BCUT2D eigenvalue weighted by Crippen LogP contribution is 2.29. The lowest BCUT2D eigenvalue weighted by Crippen LogP contribution is -2.03. The third kappa shape index (κ3) is 2.79. The number of para-hydroxylation sites is 1. The first kappa shape index (κ1) is 12.8. The van der Waals surface area contributed by atoms with Gasteiger partial charge in [-0.1, -0.05) is 6.07 Å². The molecule has 0 atom stereocenters. The van der Waals surface area contributed by atoms with Crippen molar-refractivity contribution in [2.24, 2.45) is 0 Å². The number of methoxy groups -OCH3 is 1. The second-order valence-electron chi connectivity index (χ2n) is 3.86. The van der Waals surface area contributed by atoms with E-state index in [9.17, 15) is 9.90 Å². The first-order valence-corrected chi connectivity index (χ1v) is 5.58. The van der Waals surface area contributed by atoms with E-state index in [1.54, 1.807) is 18.2 Å². The van der Waals surface area contributed by atoms with Gasteiger partial charge in [-0.25, -0.2) is 14.8 Å². The zero-order valence-corrected chi connectivity index (χ0v) is 10.5. The van der Waals surface area contributed by atoms with Gasteiger partial charge in [0.2, 0.25) is 0 Å². The number of aromatic hydroxyl groups is 1. The molecule has 2 aromatic rings. The number of carbonyl (C=O) groups is 1. The lowest BCUT2D eigenvalue weighted by Gasteiger charge is -2.10. The number of hydrogen-bond donors (Lipinski definition) is 2. The van der Waals surface area contributed by atoms with Crippen LogP contribution in [0, 0.1) is 6.92 Å². The highest BCUT2D eigenvalue weighted by Gasteiger charge is 2.14. The summed E-state index contributed by atoms with van der Waals surface area (Å²) in [5.74, 6) is -0.240. The van der Waals surface area contributed by atoms with Crippen molar-refractivity contribution in [3.8, 4) is 5.75 Å². The van der Waals surface area contributed by atoms with E-state index in [2.05, 4.69) is 20.0 Å². The van der Waals surface area contributed by atoms with Crippen molar-refractivity contribution < 1.29 is 14.6 Å². The second kappa shape index (κ2) is 5.34. The summed E-state index contributed by atoms with van der Waals surface area (Å²) in [6, 6.07) is 6.49. The molecule has 0 aliphatic rings. The van der Waals surface area contributed by atoms with Crippen molar-refractivity contribution in [2.75, 3.05) is 12.4 Å². The topological polar surface area (TPSA) is 84.3 Å². The van der Waals surface area contributed by atoms with E-state index in [0.717, 1.165) is 5.69 Å². The fourth-order valence-electron chi connectivity index (χ4n) is 1.58. The minimum Gasteiger partial charge on any atom is -0.505 e. The predicted octanol–water partition coefficient (Wildman–Crippen LogP) is 2.02. The maximum atomic E-state index is 11.5. The number of benzene rings is 1. The van der Waals surface area contributed by atoms with E-state index in [1.165, 1.54) is 19.5 Å². The Bertz CT molecular complexity index is 614. The Balaban J connectivity index is 2.33. The van der Waals surface area contributed by atoms with Crippen molar-refractivity contribution in [1.29, 1.82) is 0 Å². The van der Waals surface area contributed by atoms with Gasteiger partial charge in [0.25, 0.3) is 0 Å². The molecule has 0 saturated heterocycles. The van der Waals surface area contributed by atoms with E-state index in [-0.39, 0.29) is 11.3 Å². The standard InChI is InChI=1S/C13H13N3O3/c1-8-6-11(15-7-14-8)16-10-5-3-4-9(12(10)17)13(18)19-2/h3-7,17H,1-2H3,(H,14,15,16). The average molecular weight is 259 g/mol. The van der Waals surface area contributed by atoms with Crippen LogP contribution in [0.1, 0.15) is 16.1 Å². The van der Waals surface area contributed by atoms with Gasteiger partial charge in [-0.3, -0.25) is 0 Å². The molecule has 1 aromatic heterocycles. The van der Waals surface area contributed by atoms with Gasteiger partial charge in [0.1, 0.15) is 17.7 Å². The molecule has 0 aliphatic heterocycles. The minimum absolute atomic E-state index is 0.0956. The van der Waals surface area contributed by atoms with Crippen molar-refractivity contribution in [2.45, 2.75) is 6.92 Å². The van der Waals surface area contributed by atoms with Crippen molar-refractivity contribution in [3.63, 3.8) is 0 Å². The van der Waals surface area contributed by atoms with Crippen LogP contribution in [-0.4, -0.2) is 28.2 Å². The molecule has 1 aromatic carbocycles. The summed E-state index contributed by atoms with van der Waals surface area (Å²) in [7, 11) is 1.26. The number of anilines is 2. The van der Waals surface area contributed by atoms with Crippen LogP contribution in [-0.2, 0) is 4.74 Å². The molecular weight excluding hydrogens is 246 g/mol. The summed E-state index contributed by atoms with van der Waals surface area (Å²) >= 11 is 0. The number of phenols is 1. The average Bonchev–Trinajstić information content (AvgIpc) is 2.40. The Morgan fingerprint density at radius 3 is 2.84 bits per heavy atom. The number of hydrogen-bond acceptors (Lipinski definition) is 6. The van der Waals surface area contributed by atoms with Crippen molar-refractivity contribution in [3.05, 3.63) is 41.9 Å². The van der Waals surface area contributed by atoms with Crippen LogP contribution in [0.15, 0.2) is 30.6 Å². The molecule has 19 heavy (non-hydrogen) atoms. The number of rotatable bonds is 3. The summed E-state index contributed by atoms with van der Waals surface area (Å²) in [5, 5.41) is 12.9. The molecule has 0 unspecified atom stereocenters. The largest absolute Gasteiger partial charge is 0.505 e. The lowest BCUT2D eigenvalue weighted by molar-refractivity contribution is 0.0597. The molecule has 98 valence electrons. The van der Waals surface area contributed by atoms with Crippen LogP contribution in [0.25, 0.3) is 0 Å². The number of nitrogens with one attached hydrogen (secondary N) is 1. The lowest BCUT2D eigenvalue weighted by atomic mass is 10.1. The SMILES string of the molecule is COC(=O)c1cccc(Nc2cc(C)ncn2)c1O. The van der Waals surface area contributed by atoms with Crippen LogP contribution in [0.3, 0.4) is 0 Å². The van der Waals surface area contributed by atoms with Gasteiger partial charge in [0, 0.05) is 11.8 Å². The Morgan fingerprint density at radius 2 is 2.16 bits per heavy atom. The summed E-state index contributed by atoms with van der Waals surface area (Å²) in [6.07, 6.45) is 1.42. The van der Waals surface area contributed by atoms with Crippen molar-refractivity contribution in [1.82, 2.24) is 9.97 Å². The number of nitrogens with zero attached hydrogens (tertiary/aromatic N) is 2. The van der Waals surface area contributed by atoms with Crippen LogP contribution in [0.5, 0.6) is 5.75 Å². The third-order valence-corrected chi connectivity index (χ3v) is 2.51. The summed E-state index contributed by atoms with van der Waals surface area (Å²) in [5.41, 5.74) is 1.26. The van der Waals surface area contributed by atoms with Crippen LogP contribution >= 0.6 is 0 Å². The Labute approximate surface area is 110 Å². The normalized spacial score (nSPS) is 10.0. The number of phenolic OH excluding ortho intramolecular Hbond substituents is 1. The van der Waals surface area contributed by atoms with Gasteiger partial charge in [-0.05, 0) is 19.1 Å². The zero-order valence-electron chi connectivity index (χ0n) is 10.5. The first-order chi connectivity index (χ1) is 9.11. The van der Waals surface area contributed by atoms with E-state index >= 15 is 0 Å². The van der Waals surface area contributed by atoms with Crippen LogP contribution < -0.4 is 5.32 Å². The van der Waals surface area contributed by atoms with E-state index in [1.807, 2.05) is 6.92 Å². The maximum absolute atomic E-state index is 11.5. The predicted molar refractivity (Wildman–Crippen MR) is 69.5 cm³/mol. The highest BCUT2D eigenvalue weighted by molar-refractivity contribution is 5.94. The number of aromatic nitrogens is 2. The number of carbonyl (C=O) groups excluding carboxylic acids is 1. The van der Waals surface area contributed by atoms with Gasteiger partial charge < -0.3 is 15.2 Å². The number of esters is 1. The molecule has 0 bridgehead atoms. The Kier molecular flexibility index (Phi) is 3.61. The van der Waals surface area contributed by atoms with Gasteiger partial charge in [0.15, 0.2) is 5.75 Å². The van der Waals surface area contributed by atoms with Crippen molar-refractivity contribution >= 4 is 17.5 Å². The second-order valence-corrected chi connectivity index (χ2v) is 3.86. The van der Waals surface area contributed by atoms with E-state index in [4.69, 9.17) is 0 Å². The highest BCUT2D eigenvalue weighted by atomic mass is 16.5. The van der Waals surface area contributed by atoms with Gasteiger partial charge in [0.05, 0.1) is 12.8 Å². The maximum Gasteiger partial charge on any atom is 0.341 e. The van der Waals surface area contributed by atoms with Crippen LogP contribution in [0.4, 0.5) is 11.5 Å². The molecule has 0 spiro atoms. The molecular formula is C13H13N3O3. The van der Waals surface area contributed by atoms with E-state index < -0.39 is 5.97 Å². The molecule has 0 fully saturated rings. The molecule has 0 aliphatic carbocycles. The summed E-state index contributed by atoms with van der Waals surface area (Å²) in [4.78, 5) is 19.5. The third-order valence-electron chi connectivity index (χ3n) is 2.51. The molecule has 2 N–H and O–H groups in total. The Hall–Kier alpha value is -2.63. The van der Waals surface area contributed by atoms with Gasteiger partial charge >= 0.3 is 5.97 Å². The minimum atomic E-state index is -0.597. The van der Waals surface area contributed by atoms with Crippen LogP contribution in [0.2, 0.25) is 0 Å². The molecule has 6 heteroatoms. The monoisotopic (exact) mass is 259 g/mol. The first-order valence-electron chi connectivity index (χ1n) is 5.58. The molecule has 0 amide bonds. The fraction of sp³-hybridized carbons (Fsp3) is 0.154. The molecule has 1 heterocycles.